The van der Waals surface area contributed by atoms with E-state index >= 15 is 0 Å². The molecule has 4 nitrogen and oxygen atoms in total. The Bertz CT molecular complexity index is 387. The predicted molar refractivity (Wildman–Crippen MR) is 36.2 cm³/mol. The fraction of sp³-hybridized carbons (Fsp3) is 0.500. The lowest BCUT2D eigenvalue weighted by Gasteiger charge is -2.18. The van der Waals surface area contributed by atoms with Crippen LogP contribution in [0.25, 0.3) is 0 Å². The molecule has 1 aromatic heterocycles. The number of hydrogen-bond donors (Lipinski definition) is 0. The third kappa shape index (κ3) is 3.39. The van der Waals surface area contributed by atoms with Crippen molar-refractivity contribution in [1.82, 2.24) is 15.0 Å². The number of ether oxygens (including phenoxy) is 1. The average Bonchev–Trinajstić information content (AvgIpc) is 2.11. The molecule has 1 rings (SSSR count). The molecule has 0 aromatic carbocycles. The average molecular weight is 265 g/mol. The first-order valence-corrected chi connectivity index (χ1v) is 3.76. The lowest BCUT2D eigenvalue weighted by atomic mass is 10.3. The van der Waals surface area contributed by atoms with Gasteiger partial charge in [0.15, 0.2) is 6.61 Å². The van der Waals surface area contributed by atoms with E-state index in [2.05, 4.69) is 19.7 Å². The van der Waals surface area contributed by atoms with Gasteiger partial charge in [-0.05, 0) is 0 Å². The fourth-order valence-electron chi connectivity index (χ4n) is 0.611. The lowest BCUT2D eigenvalue weighted by molar-refractivity contribution is -0.290. The van der Waals surface area contributed by atoms with Gasteiger partial charge < -0.3 is 4.74 Å². The molecule has 1 heterocycles. The zero-order valence-electron chi connectivity index (χ0n) is 7.60. The van der Waals surface area contributed by atoms with Crippen LogP contribution in [-0.2, 0) is 0 Å². The minimum absolute atomic E-state index is 1.31. The number of aromatic nitrogens is 3. The maximum atomic E-state index is 12.3. The molecule has 0 aliphatic carbocycles. The number of nitrogens with zero attached hydrogens (tertiary/aromatic N) is 3. The summed E-state index contributed by atoms with van der Waals surface area (Å²) in [6, 6.07) is -1.31. The van der Waals surface area contributed by atoms with Crippen LogP contribution in [0.4, 0.5) is 30.7 Å². The SMILES string of the molecule is Fc1nc(F)nc(OCC(F)(F)C(F)(F)F)n1. The minimum Gasteiger partial charge on any atom is -0.456 e. The molecule has 0 bridgehead atoms. The molecule has 0 saturated carbocycles. The zero-order chi connectivity index (χ0) is 13.3. The zero-order valence-corrected chi connectivity index (χ0v) is 7.60. The van der Waals surface area contributed by atoms with Crippen LogP contribution in [0.5, 0.6) is 6.01 Å². The molecule has 0 N–H and O–H groups in total. The van der Waals surface area contributed by atoms with Crippen molar-refractivity contribution in [2.45, 2.75) is 12.1 Å². The number of hydrogen-bond acceptors (Lipinski definition) is 4. The topological polar surface area (TPSA) is 47.9 Å². The second kappa shape index (κ2) is 4.30. The summed E-state index contributed by atoms with van der Waals surface area (Å²) < 4.78 is 87.9. The first kappa shape index (κ1) is 13.4. The highest BCUT2D eigenvalue weighted by Crippen LogP contribution is 2.35. The lowest BCUT2D eigenvalue weighted by Crippen LogP contribution is -2.42. The van der Waals surface area contributed by atoms with E-state index in [9.17, 15) is 30.7 Å². The molecule has 0 unspecified atom stereocenters. The quantitative estimate of drug-likeness (QED) is 0.781. The summed E-state index contributed by atoms with van der Waals surface area (Å²) in [6.45, 7) is -2.20. The van der Waals surface area contributed by atoms with Crippen LogP contribution in [0, 0.1) is 12.2 Å². The van der Waals surface area contributed by atoms with Crippen molar-refractivity contribution < 1.29 is 35.5 Å². The second-order valence-electron chi connectivity index (χ2n) is 2.65. The number of halogens is 7. The molecule has 0 radical (unpaired) electrons. The summed E-state index contributed by atoms with van der Waals surface area (Å²) in [5, 5.41) is 0. The largest absolute Gasteiger partial charge is 0.456 e. The Balaban J connectivity index is 2.74. The molecule has 0 atom stereocenters. The van der Waals surface area contributed by atoms with E-state index < -0.39 is 36.9 Å². The van der Waals surface area contributed by atoms with Crippen molar-refractivity contribution in [2.24, 2.45) is 0 Å². The highest BCUT2D eigenvalue weighted by molar-refractivity contribution is 4.91. The van der Waals surface area contributed by atoms with Crippen molar-refractivity contribution in [2.75, 3.05) is 6.61 Å². The van der Waals surface area contributed by atoms with E-state index in [0.717, 1.165) is 0 Å². The van der Waals surface area contributed by atoms with Gasteiger partial charge in [-0.25, -0.2) is 0 Å². The van der Waals surface area contributed by atoms with Gasteiger partial charge in [-0.3, -0.25) is 0 Å². The van der Waals surface area contributed by atoms with Crippen LogP contribution >= 0.6 is 0 Å². The van der Waals surface area contributed by atoms with Gasteiger partial charge in [0.05, 0.1) is 0 Å². The maximum Gasteiger partial charge on any atom is 0.456 e. The van der Waals surface area contributed by atoms with Crippen molar-refractivity contribution in [3.05, 3.63) is 12.2 Å². The summed E-state index contributed by atoms with van der Waals surface area (Å²) in [6.07, 6.45) is -9.26. The molecule has 0 fully saturated rings. The number of rotatable bonds is 3. The van der Waals surface area contributed by atoms with Gasteiger partial charge >= 0.3 is 30.3 Å². The van der Waals surface area contributed by atoms with Gasteiger partial charge in [0.2, 0.25) is 0 Å². The van der Waals surface area contributed by atoms with Gasteiger partial charge in [0, 0.05) is 0 Å². The van der Waals surface area contributed by atoms with Gasteiger partial charge in [0.25, 0.3) is 0 Å². The van der Waals surface area contributed by atoms with Crippen LogP contribution in [0.1, 0.15) is 0 Å². The van der Waals surface area contributed by atoms with E-state index in [1.807, 2.05) is 0 Å². The van der Waals surface area contributed by atoms with E-state index in [1.165, 1.54) is 0 Å². The highest BCUT2D eigenvalue weighted by atomic mass is 19.4. The van der Waals surface area contributed by atoms with E-state index in [-0.39, 0.29) is 0 Å². The van der Waals surface area contributed by atoms with Crippen LogP contribution in [-0.4, -0.2) is 33.7 Å². The normalized spacial score (nSPS) is 12.6. The monoisotopic (exact) mass is 265 g/mol. The third-order valence-electron chi connectivity index (χ3n) is 1.36. The van der Waals surface area contributed by atoms with Crippen LogP contribution in [0.2, 0.25) is 0 Å². The molecular weight excluding hydrogens is 263 g/mol. The molecule has 0 aliphatic heterocycles. The first-order chi connectivity index (χ1) is 7.62. The smallest absolute Gasteiger partial charge is 0.456 e. The van der Waals surface area contributed by atoms with Gasteiger partial charge in [0.1, 0.15) is 0 Å². The van der Waals surface area contributed by atoms with Crippen molar-refractivity contribution in [3.8, 4) is 6.01 Å². The Labute approximate surface area is 88.5 Å². The molecule has 17 heavy (non-hydrogen) atoms. The van der Waals surface area contributed by atoms with Crippen molar-refractivity contribution in [1.29, 1.82) is 0 Å². The van der Waals surface area contributed by atoms with Crippen LogP contribution in [0.3, 0.4) is 0 Å². The van der Waals surface area contributed by atoms with Crippen molar-refractivity contribution >= 4 is 0 Å². The van der Waals surface area contributed by atoms with Crippen molar-refractivity contribution in [3.63, 3.8) is 0 Å². The Morgan fingerprint density at radius 3 is 1.76 bits per heavy atom. The van der Waals surface area contributed by atoms with Gasteiger partial charge in [-0.15, -0.1) is 9.97 Å². The standard InChI is InChI=1S/C6H2F7N3O/c7-2-14-3(8)16-4(15-2)17-1-5(9,10)6(11,12)13/h1H2. The first-order valence-electron chi connectivity index (χ1n) is 3.76. The predicted octanol–water partition coefficient (Wildman–Crippen LogP) is 1.73. The van der Waals surface area contributed by atoms with E-state index in [4.69, 9.17) is 0 Å². The third-order valence-corrected chi connectivity index (χ3v) is 1.36. The molecule has 11 heteroatoms. The molecule has 0 aliphatic rings. The summed E-state index contributed by atoms with van der Waals surface area (Å²) in [5.74, 6) is -5.19. The minimum atomic E-state index is -5.85. The van der Waals surface area contributed by atoms with Gasteiger partial charge in [-0.1, -0.05) is 0 Å². The van der Waals surface area contributed by atoms with Gasteiger partial charge in [-0.2, -0.15) is 35.7 Å². The summed E-state index contributed by atoms with van der Waals surface area (Å²) in [7, 11) is 0. The van der Waals surface area contributed by atoms with E-state index in [0.29, 0.717) is 0 Å². The maximum absolute atomic E-state index is 12.3. The molecule has 0 spiro atoms. The Hall–Kier alpha value is -1.68. The second-order valence-corrected chi connectivity index (χ2v) is 2.65. The molecule has 0 amide bonds. The number of alkyl halides is 5. The van der Waals surface area contributed by atoms with Crippen LogP contribution in [0.15, 0.2) is 0 Å². The summed E-state index contributed by atoms with van der Waals surface area (Å²) in [5.41, 5.74) is 0. The Kier molecular flexibility index (Phi) is 3.38. The van der Waals surface area contributed by atoms with Crippen LogP contribution < -0.4 is 4.74 Å². The fourth-order valence-corrected chi connectivity index (χ4v) is 0.611. The molecule has 0 saturated heterocycles. The van der Waals surface area contributed by atoms with E-state index in [1.54, 1.807) is 0 Å². The highest BCUT2D eigenvalue weighted by Gasteiger charge is 2.58. The Morgan fingerprint density at radius 2 is 1.35 bits per heavy atom. The molecular formula is C6H2F7N3O. The Morgan fingerprint density at radius 1 is 0.882 bits per heavy atom. The molecule has 1 aromatic rings. The molecule has 96 valence electrons. The summed E-state index contributed by atoms with van der Waals surface area (Å²) in [4.78, 5) is 7.52. The summed E-state index contributed by atoms with van der Waals surface area (Å²) >= 11 is 0.